The van der Waals surface area contributed by atoms with Gasteiger partial charge in [0.25, 0.3) is 0 Å². The Hall–Kier alpha value is -1.54. The Balaban J connectivity index is 2.61. The molecule has 0 aliphatic carbocycles. The monoisotopic (exact) mass is 345 g/mol. The molecule has 2 N–H and O–H groups in total. The maximum Gasteiger partial charge on any atom is 0.304 e. The number of amides is 1. The van der Waals surface area contributed by atoms with Crippen LogP contribution in [0.4, 0.5) is 5.69 Å². The number of aliphatic carboxylic acids is 1. The van der Waals surface area contributed by atoms with Crippen LogP contribution in [0.1, 0.15) is 18.9 Å². The van der Waals surface area contributed by atoms with Gasteiger partial charge in [0.05, 0.1) is 6.42 Å². The predicted octanol–water partition coefficient (Wildman–Crippen LogP) is 1.77. The zero-order valence-electron chi connectivity index (χ0n) is 12.4. The number of carboxylic acids is 1. The van der Waals surface area contributed by atoms with E-state index in [1.807, 2.05) is 6.07 Å². The molecule has 1 aromatic rings. The molecule has 0 radical (unpaired) electrons. The number of thioether (sulfide) groups is 1. The summed E-state index contributed by atoms with van der Waals surface area (Å²) in [6.45, 7) is 1.34. The number of sulfone groups is 1. The van der Waals surface area contributed by atoms with Crippen molar-refractivity contribution < 1.29 is 23.1 Å². The average Bonchev–Trinajstić information content (AvgIpc) is 2.42. The largest absolute Gasteiger partial charge is 0.481 e. The Labute approximate surface area is 134 Å². The lowest BCUT2D eigenvalue weighted by Crippen LogP contribution is -2.31. The Bertz CT molecular complexity index is 642. The third kappa shape index (κ3) is 6.48. The zero-order chi connectivity index (χ0) is 16.8. The van der Waals surface area contributed by atoms with Gasteiger partial charge in [-0.05, 0) is 24.6 Å². The molecule has 0 aliphatic heterocycles. The zero-order valence-corrected chi connectivity index (χ0v) is 14.0. The molecule has 0 spiro atoms. The third-order valence-electron chi connectivity index (χ3n) is 2.93. The lowest BCUT2D eigenvalue weighted by atomic mass is 10.2. The van der Waals surface area contributed by atoms with Crippen molar-refractivity contribution in [2.45, 2.75) is 24.3 Å². The van der Waals surface area contributed by atoms with E-state index in [4.69, 9.17) is 5.11 Å². The minimum Gasteiger partial charge on any atom is -0.481 e. The van der Waals surface area contributed by atoms with Crippen molar-refractivity contribution in [2.24, 2.45) is 0 Å². The fourth-order valence-electron chi connectivity index (χ4n) is 1.53. The minimum atomic E-state index is -3.43. The van der Waals surface area contributed by atoms with Gasteiger partial charge in [-0.25, -0.2) is 8.42 Å². The summed E-state index contributed by atoms with van der Waals surface area (Å²) < 4.78 is 22.7. The summed E-state index contributed by atoms with van der Waals surface area (Å²) in [6, 6.07) is 7.05. The van der Waals surface area contributed by atoms with Crippen LogP contribution in [0.3, 0.4) is 0 Å². The van der Waals surface area contributed by atoms with Gasteiger partial charge in [-0.1, -0.05) is 12.1 Å². The van der Waals surface area contributed by atoms with Gasteiger partial charge in [-0.3, -0.25) is 9.59 Å². The molecule has 1 aromatic carbocycles. The molecule has 22 heavy (non-hydrogen) atoms. The highest BCUT2D eigenvalue weighted by atomic mass is 32.2. The number of rotatable bonds is 8. The molecule has 0 aromatic heterocycles. The number of anilines is 1. The number of benzene rings is 1. The number of carboxylic acid groups (broad SMARTS) is 1. The van der Waals surface area contributed by atoms with Gasteiger partial charge < -0.3 is 10.4 Å². The Morgan fingerprint density at radius 1 is 1.36 bits per heavy atom. The Morgan fingerprint density at radius 3 is 2.64 bits per heavy atom. The van der Waals surface area contributed by atoms with E-state index in [1.165, 1.54) is 18.7 Å². The second-order valence-corrected chi connectivity index (χ2v) is 8.33. The van der Waals surface area contributed by atoms with Gasteiger partial charge in [0.2, 0.25) is 5.91 Å². The van der Waals surface area contributed by atoms with Crippen molar-refractivity contribution in [3.8, 4) is 0 Å². The number of carbonyl (C=O) groups excluding carboxylic acids is 1. The molecule has 0 fully saturated rings. The van der Waals surface area contributed by atoms with Gasteiger partial charge in [0, 0.05) is 23.4 Å². The quantitative estimate of drug-likeness (QED) is 0.696. The van der Waals surface area contributed by atoms with Crippen molar-refractivity contribution in [1.29, 1.82) is 0 Å². The third-order valence-corrected chi connectivity index (χ3v) is 5.46. The van der Waals surface area contributed by atoms with Crippen molar-refractivity contribution in [2.75, 3.05) is 17.3 Å². The first-order valence-electron chi connectivity index (χ1n) is 6.58. The fourth-order valence-corrected chi connectivity index (χ4v) is 2.85. The van der Waals surface area contributed by atoms with Crippen molar-refractivity contribution in [3.05, 3.63) is 29.8 Å². The minimum absolute atomic E-state index is 0.104. The van der Waals surface area contributed by atoms with E-state index in [9.17, 15) is 18.0 Å². The molecule has 1 rings (SSSR count). The maximum absolute atomic E-state index is 11.8. The highest BCUT2D eigenvalue weighted by molar-refractivity contribution is 7.98. The van der Waals surface area contributed by atoms with Crippen molar-refractivity contribution in [1.82, 2.24) is 0 Å². The van der Waals surface area contributed by atoms with Gasteiger partial charge >= 0.3 is 5.97 Å². The summed E-state index contributed by atoms with van der Waals surface area (Å²) in [7, 11) is -3.43. The van der Waals surface area contributed by atoms with Crippen LogP contribution in [0.15, 0.2) is 24.3 Å². The molecule has 0 heterocycles. The first kappa shape index (κ1) is 18.5. The normalized spacial score (nSPS) is 12.6. The summed E-state index contributed by atoms with van der Waals surface area (Å²) in [6.07, 6.45) is 1.12. The van der Waals surface area contributed by atoms with E-state index < -0.39 is 27.0 Å². The Kier molecular flexibility index (Phi) is 6.89. The van der Waals surface area contributed by atoms with E-state index in [1.54, 1.807) is 18.2 Å². The number of nitrogens with one attached hydrogen (secondary N) is 1. The fraction of sp³-hybridized carbons (Fsp3) is 0.429. The molecule has 0 bridgehead atoms. The summed E-state index contributed by atoms with van der Waals surface area (Å²) in [4.78, 5) is 22.3. The summed E-state index contributed by atoms with van der Waals surface area (Å²) in [5, 5.41) is 10.0. The second-order valence-electron chi connectivity index (χ2n) is 4.86. The van der Waals surface area contributed by atoms with Crippen LogP contribution in [-0.2, 0) is 25.2 Å². The SMILES string of the molecule is CC(C(=O)Nc1cccc(CSCCC(=O)O)c1)S(C)(=O)=O. The van der Waals surface area contributed by atoms with Crippen LogP contribution >= 0.6 is 11.8 Å². The average molecular weight is 345 g/mol. The van der Waals surface area contributed by atoms with Crippen LogP contribution < -0.4 is 5.32 Å². The van der Waals surface area contributed by atoms with Gasteiger partial charge in [0.1, 0.15) is 5.25 Å². The Morgan fingerprint density at radius 2 is 2.05 bits per heavy atom. The molecule has 1 unspecified atom stereocenters. The smallest absolute Gasteiger partial charge is 0.304 e. The molecule has 1 amide bonds. The summed E-state index contributed by atoms with van der Waals surface area (Å²) in [5.41, 5.74) is 1.46. The highest BCUT2D eigenvalue weighted by Crippen LogP contribution is 2.17. The first-order chi connectivity index (χ1) is 10.2. The second kappa shape index (κ2) is 8.19. The van der Waals surface area contributed by atoms with Gasteiger partial charge in [-0.15, -0.1) is 0 Å². The lowest BCUT2D eigenvalue weighted by molar-refractivity contribution is -0.136. The molecular weight excluding hydrogens is 326 g/mol. The van der Waals surface area contributed by atoms with E-state index >= 15 is 0 Å². The first-order valence-corrected chi connectivity index (χ1v) is 9.69. The summed E-state index contributed by atoms with van der Waals surface area (Å²) >= 11 is 1.48. The molecule has 0 saturated heterocycles. The molecule has 0 saturated carbocycles. The number of hydrogen-bond donors (Lipinski definition) is 2. The van der Waals surface area contributed by atoms with Crippen LogP contribution in [-0.4, -0.2) is 42.7 Å². The topological polar surface area (TPSA) is 101 Å². The van der Waals surface area contributed by atoms with E-state index in [-0.39, 0.29) is 6.42 Å². The summed E-state index contributed by atoms with van der Waals surface area (Å²) in [5.74, 6) is -0.267. The van der Waals surface area contributed by atoms with Gasteiger partial charge in [0.15, 0.2) is 9.84 Å². The van der Waals surface area contributed by atoms with Crippen molar-refractivity contribution >= 4 is 39.2 Å². The van der Waals surface area contributed by atoms with E-state index in [0.29, 0.717) is 17.2 Å². The standard InChI is InChI=1S/C14H19NO5S2/c1-10(22(2,19)20)14(18)15-12-5-3-4-11(8-12)9-21-7-6-13(16)17/h3-5,8,10H,6-7,9H2,1-2H3,(H,15,18)(H,16,17). The predicted molar refractivity (Wildman–Crippen MR) is 87.8 cm³/mol. The van der Waals surface area contributed by atoms with E-state index in [0.717, 1.165) is 11.8 Å². The molecule has 1 atom stereocenters. The van der Waals surface area contributed by atoms with Crippen molar-refractivity contribution in [3.63, 3.8) is 0 Å². The van der Waals surface area contributed by atoms with E-state index in [2.05, 4.69) is 5.32 Å². The number of carbonyl (C=O) groups is 2. The highest BCUT2D eigenvalue weighted by Gasteiger charge is 2.23. The molecular formula is C14H19NO5S2. The number of hydrogen-bond acceptors (Lipinski definition) is 5. The van der Waals surface area contributed by atoms with Crippen LogP contribution in [0.25, 0.3) is 0 Å². The maximum atomic E-state index is 11.8. The van der Waals surface area contributed by atoms with Crippen LogP contribution in [0.5, 0.6) is 0 Å². The lowest BCUT2D eigenvalue weighted by Gasteiger charge is -2.11. The molecule has 122 valence electrons. The molecule has 0 aliphatic rings. The van der Waals surface area contributed by atoms with Gasteiger partial charge in [-0.2, -0.15) is 11.8 Å². The van der Waals surface area contributed by atoms with Crippen LogP contribution in [0.2, 0.25) is 0 Å². The van der Waals surface area contributed by atoms with Crippen LogP contribution in [0, 0.1) is 0 Å². The molecule has 6 nitrogen and oxygen atoms in total. The molecule has 8 heteroatoms.